The van der Waals surface area contributed by atoms with Crippen LogP contribution in [0.4, 0.5) is 4.48 Å². The molecule has 4 nitrogen and oxygen atoms in total. The maximum Gasteiger partial charge on any atom is 0.474 e. The van der Waals surface area contributed by atoms with E-state index in [0.29, 0.717) is 0 Å². The molecule has 1 N–H and O–H groups in total. The lowest BCUT2D eigenvalue weighted by atomic mass is 10.4. The number of halogens is 1. The predicted molar refractivity (Wildman–Crippen MR) is 36.1 cm³/mol. The number of hydrogen-bond donors (Lipinski definition) is 1. The second-order valence-electron chi connectivity index (χ2n) is 2.10. The first-order valence-corrected chi connectivity index (χ1v) is 4.25. The minimum absolute atomic E-state index is 0.394. The third kappa shape index (κ3) is 1.47. The molecular formula is C5H7FNO3S+. The van der Waals surface area contributed by atoms with E-state index in [0.717, 1.165) is 6.20 Å². The molecule has 1 heterocycles. The predicted octanol–water partition coefficient (Wildman–Crippen LogP) is 0.574. The Bertz CT molecular complexity index is 308. The van der Waals surface area contributed by atoms with Crippen molar-refractivity contribution in [2.75, 3.05) is 6.54 Å². The lowest BCUT2D eigenvalue weighted by molar-refractivity contribution is -0.903. The molecule has 0 radical (unpaired) electrons. The highest BCUT2D eigenvalue weighted by Crippen LogP contribution is 2.18. The number of hydrogen-bond acceptors (Lipinski definition) is 2. The Morgan fingerprint density at radius 3 is 2.36 bits per heavy atom. The average Bonchev–Trinajstić information content (AvgIpc) is 1.87. The summed E-state index contributed by atoms with van der Waals surface area (Å²) in [7, 11) is -4.69. The highest BCUT2D eigenvalue weighted by Gasteiger charge is 2.41. The Morgan fingerprint density at radius 1 is 1.45 bits per heavy atom. The summed E-state index contributed by atoms with van der Waals surface area (Å²) in [5.74, 6) is 0. The van der Waals surface area contributed by atoms with Crippen molar-refractivity contribution in [3.05, 3.63) is 24.4 Å². The van der Waals surface area contributed by atoms with Gasteiger partial charge in [0.15, 0.2) is 12.7 Å². The fourth-order valence-corrected chi connectivity index (χ4v) is 1.19. The van der Waals surface area contributed by atoms with Crippen LogP contribution >= 0.6 is 0 Å². The molecule has 0 bridgehead atoms. The van der Waals surface area contributed by atoms with Gasteiger partial charge >= 0.3 is 10.3 Å². The van der Waals surface area contributed by atoms with E-state index >= 15 is 0 Å². The van der Waals surface area contributed by atoms with Gasteiger partial charge in [-0.15, -0.1) is 8.42 Å². The monoisotopic (exact) mass is 180 g/mol. The molecule has 0 fully saturated rings. The summed E-state index contributed by atoms with van der Waals surface area (Å²) in [5.41, 5.74) is 0. The van der Waals surface area contributed by atoms with E-state index in [1.807, 2.05) is 0 Å². The zero-order chi connectivity index (χ0) is 8.54. The van der Waals surface area contributed by atoms with Gasteiger partial charge < -0.3 is 0 Å². The molecule has 1 atom stereocenters. The number of rotatable bonds is 1. The van der Waals surface area contributed by atoms with Crippen LogP contribution < -0.4 is 0 Å². The largest absolute Gasteiger partial charge is 0.474 e. The minimum Gasteiger partial charge on any atom is -0.238 e. The van der Waals surface area contributed by atoms with Gasteiger partial charge in [0.25, 0.3) is 0 Å². The van der Waals surface area contributed by atoms with Crippen molar-refractivity contribution in [3.8, 4) is 0 Å². The molecule has 1 unspecified atom stereocenters. The normalized spacial score (nSPS) is 30.7. The molecule has 11 heavy (non-hydrogen) atoms. The lowest BCUT2D eigenvalue weighted by Gasteiger charge is -2.16. The molecule has 0 saturated heterocycles. The van der Waals surface area contributed by atoms with Gasteiger partial charge in [0.05, 0.1) is 0 Å². The summed E-state index contributed by atoms with van der Waals surface area (Å²) < 4.78 is 40.2. The molecule has 0 aliphatic carbocycles. The molecule has 62 valence electrons. The maximum atomic E-state index is 13.0. The van der Waals surface area contributed by atoms with Gasteiger partial charge in [-0.3, -0.25) is 0 Å². The molecule has 0 aromatic rings. The minimum atomic E-state index is -4.69. The third-order valence-corrected chi connectivity index (χ3v) is 2.33. The highest BCUT2D eigenvalue weighted by molar-refractivity contribution is 7.80. The topological polar surface area (TPSA) is 54.4 Å². The molecule has 6 heteroatoms. The van der Waals surface area contributed by atoms with Gasteiger partial charge in [-0.05, 0) is 12.2 Å². The molecule has 0 amide bonds. The van der Waals surface area contributed by atoms with E-state index < -0.39 is 21.0 Å². The second-order valence-corrected chi connectivity index (χ2v) is 3.61. The first kappa shape index (κ1) is 8.38. The first-order valence-electron chi connectivity index (χ1n) is 2.85. The number of allylic oxidation sites excluding steroid dienone is 2. The van der Waals surface area contributed by atoms with E-state index in [-0.39, 0.29) is 0 Å². The average molecular weight is 180 g/mol. The van der Waals surface area contributed by atoms with Crippen LogP contribution in [0.3, 0.4) is 0 Å². The molecule has 1 aliphatic rings. The Morgan fingerprint density at radius 2 is 2.09 bits per heavy atom. The van der Waals surface area contributed by atoms with Gasteiger partial charge in [-0.1, -0.05) is 6.08 Å². The van der Waals surface area contributed by atoms with Crippen LogP contribution in [-0.2, 0) is 10.3 Å². The van der Waals surface area contributed by atoms with Crippen LogP contribution in [0, 0.1) is 0 Å². The summed E-state index contributed by atoms with van der Waals surface area (Å²) >= 11 is 0. The fourth-order valence-electron chi connectivity index (χ4n) is 0.693. The Balaban J connectivity index is 3.04. The quantitative estimate of drug-likeness (QED) is 0.474. The van der Waals surface area contributed by atoms with Crippen molar-refractivity contribution in [3.63, 3.8) is 0 Å². The van der Waals surface area contributed by atoms with Gasteiger partial charge in [0.1, 0.15) is 0 Å². The summed E-state index contributed by atoms with van der Waals surface area (Å²) in [6.07, 6.45) is 4.79. The molecule has 1 rings (SSSR count). The van der Waals surface area contributed by atoms with Crippen molar-refractivity contribution in [1.29, 1.82) is 0 Å². The van der Waals surface area contributed by atoms with Gasteiger partial charge in [-0.2, -0.15) is 0 Å². The molecule has 0 spiro atoms. The van der Waals surface area contributed by atoms with E-state index in [1.54, 1.807) is 0 Å². The Hall–Kier alpha value is -0.720. The van der Waals surface area contributed by atoms with Crippen LogP contribution in [0.5, 0.6) is 0 Å². The molecule has 1 aliphatic heterocycles. The fraction of sp³-hybridized carbons (Fsp3) is 0.200. The van der Waals surface area contributed by atoms with Gasteiger partial charge in [0.2, 0.25) is 0 Å². The second kappa shape index (κ2) is 2.40. The van der Waals surface area contributed by atoms with Gasteiger partial charge in [0, 0.05) is 8.59 Å². The smallest absolute Gasteiger partial charge is 0.238 e. The van der Waals surface area contributed by atoms with Crippen LogP contribution in [0.25, 0.3) is 0 Å². The zero-order valence-corrected chi connectivity index (χ0v) is 6.33. The standard InChI is InChI=1S/C5H6FNO3S/c6-7(11(8,9)10)4-2-1-3-5-7/h1-4H,5H2/p+1. The lowest BCUT2D eigenvalue weighted by Crippen LogP contribution is -2.40. The van der Waals surface area contributed by atoms with Crippen LogP contribution in [-0.4, -0.2) is 23.6 Å². The number of nitrogens with zero attached hydrogens (tertiary/aromatic N) is 1. The molecule has 0 aromatic carbocycles. The third-order valence-electron chi connectivity index (χ3n) is 1.29. The van der Waals surface area contributed by atoms with Crippen molar-refractivity contribution in [2.45, 2.75) is 0 Å². The summed E-state index contributed by atoms with van der Waals surface area (Å²) in [6.45, 7) is -0.394. The van der Waals surface area contributed by atoms with Crippen LogP contribution in [0.1, 0.15) is 0 Å². The first-order chi connectivity index (χ1) is 4.96. The van der Waals surface area contributed by atoms with Crippen molar-refractivity contribution >= 4 is 10.3 Å². The van der Waals surface area contributed by atoms with E-state index in [1.165, 1.54) is 18.2 Å². The summed E-state index contributed by atoms with van der Waals surface area (Å²) in [6, 6.07) is 0. The van der Waals surface area contributed by atoms with E-state index in [4.69, 9.17) is 4.55 Å². The van der Waals surface area contributed by atoms with Crippen LogP contribution in [0.2, 0.25) is 0 Å². The summed E-state index contributed by atoms with van der Waals surface area (Å²) in [5, 5.41) is 0. The number of quaternary nitrogens is 1. The molecule has 0 aromatic heterocycles. The molecular weight excluding hydrogens is 173 g/mol. The zero-order valence-electron chi connectivity index (χ0n) is 5.51. The van der Waals surface area contributed by atoms with E-state index in [9.17, 15) is 12.9 Å². The SMILES string of the molecule is O=S(=O)(O)[N+]1(F)C=CC=CC1. The van der Waals surface area contributed by atoms with Crippen LogP contribution in [0.15, 0.2) is 24.4 Å². The van der Waals surface area contributed by atoms with Gasteiger partial charge in [-0.25, -0.2) is 4.55 Å². The Labute approximate surface area is 63.6 Å². The van der Waals surface area contributed by atoms with E-state index in [2.05, 4.69) is 0 Å². The van der Waals surface area contributed by atoms with Crippen molar-refractivity contribution in [1.82, 2.24) is 0 Å². The molecule has 0 saturated carbocycles. The summed E-state index contributed by atoms with van der Waals surface area (Å²) in [4.78, 5) is 0. The van der Waals surface area contributed by atoms with Crippen molar-refractivity contribution < 1.29 is 21.6 Å². The van der Waals surface area contributed by atoms with Crippen molar-refractivity contribution in [2.24, 2.45) is 0 Å². The highest BCUT2D eigenvalue weighted by atomic mass is 32.2. The maximum absolute atomic E-state index is 13.0. The Kier molecular flexibility index (Phi) is 1.83.